The Morgan fingerprint density at radius 3 is 2.27 bits per heavy atom. The Balaban J connectivity index is 3.54. The van der Waals surface area contributed by atoms with Gasteiger partial charge in [-0.1, -0.05) is 20.8 Å². The average molecular weight is 215 g/mol. The number of carbonyl (C=O) groups is 1. The number of carboxylic acid groups (broad SMARTS) is 1. The van der Waals surface area contributed by atoms with Gasteiger partial charge in [0.2, 0.25) is 0 Å². The summed E-state index contributed by atoms with van der Waals surface area (Å²) in [6, 6.07) is 0.415. The van der Waals surface area contributed by atoms with E-state index < -0.39 is 5.97 Å². The van der Waals surface area contributed by atoms with Crippen molar-refractivity contribution in [1.29, 1.82) is 0 Å². The van der Waals surface area contributed by atoms with Crippen molar-refractivity contribution in [3.8, 4) is 0 Å². The van der Waals surface area contributed by atoms with Crippen molar-refractivity contribution in [2.75, 3.05) is 6.54 Å². The molecule has 0 aromatic heterocycles. The molecule has 0 rings (SSSR count). The minimum absolute atomic E-state index is 0.211. The fraction of sp³-hybridized carbons (Fsp3) is 0.917. The zero-order valence-electron chi connectivity index (χ0n) is 10.4. The minimum atomic E-state index is -0.732. The van der Waals surface area contributed by atoms with E-state index in [1.165, 1.54) is 6.42 Å². The summed E-state index contributed by atoms with van der Waals surface area (Å²) in [6.07, 6.45) is 2.58. The lowest BCUT2D eigenvalue weighted by Gasteiger charge is -2.19. The number of hydrogen-bond acceptors (Lipinski definition) is 2. The molecular formula is C12H25NO2. The van der Waals surface area contributed by atoms with Crippen LogP contribution in [0.5, 0.6) is 0 Å². The van der Waals surface area contributed by atoms with Gasteiger partial charge in [0, 0.05) is 12.6 Å². The fourth-order valence-corrected chi connectivity index (χ4v) is 2.01. The number of rotatable bonds is 8. The first-order valence-electron chi connectivity index (χ1n) is 5.87. The van der Waals surface area contributed by atoms with Crippen LogP contribution in [-0.4, -0.2) is 23.7 Å². The first kappa shape index (κ1) is 14.4. The summed E-state index contributed by atoms with van der Waals surface area (Å²) in [5.41, 5.74) is 0. The van der Waals surface area contributed by atoms with Crippen LogP contribution in [0.2, 0.25) is 0 Å². The summed E-state index contributed by atoms with van der Waals surface area (Å²) in [7, 11) is 0. The van der Waals surface area contributed by atoms with Crippen molar-refractivity contribution >= 4 is 5.97 Å². The van der Waals surface area contributed by atoms with Crippen LogP contribution in [-0.2, 0) is 4.79 Å². The molecule has 3 nitrogen and oxygen atoms in total. The van der Waals surface area contributed by atoms with Gasteiger partial charge in [-0.3, -0.25) is 4.79 Å². The van der Waals surface area contributed by atoms with Crippen molar-refractivity contribution in [3.63, 3.8) is 0 Å². The van der Waals surface area contributed by atoms with E-state index in [2.05, 4.69) is 33.0 Å². The Bertz CT molecular complexity index is 180. The highest BCUT2D eigenvalue weighted by Gasteiger charge is 2.10. The quantitative estimate of drug-likeness (QED) is 0.654. The van der Waals surface area contributed by atoms with Gasteiger partial charge >= 0.3 is 5.97 Å². The standard InChI is InChI=1S/C12H25NO2/c1-9(2)7-10(3)8-11(4)13-6-5-12(14)15/h9-11,13H,5-8H2,1-4H3,(H,14,15). The lowest BCUT2D eigenvalue weighted by molar-refractivity contribution is -0.136. The Kier molecular flexibility index (Phi) is 7.39. The predicted octanol–water partition coefficient (Wildman–Crippen LogP) is 2.51. The molecule has 0 spiro atoms. The van der Waals surface area contributed by atoms with Gasteiger partial charge in [0.25, 0.3) is 0 Å². The topological polar surface area (TPSA) is 49.3 Å². The maximum absolute atomic E-state index is 10.3. The zero-order chi connectivity index (χ0) is 11.8. The summed E-state index contributed by atoms with van der Waals surface area (Å²) >= 11 is 0. The highest BCUT2D eigenvalue weighted by molar-refractivity contribution is 5.66. The number of aliphatic carboxylic acids is 1. The third-order valence-corrected chi connectivity index (χ3v) is 2.46. The molecule has 0 amide bonds. The first-order chi connectivity index (χ1) is 6.91. The molecule has 0 aliphatic carbocycles. The van der Waals surface area contributed by atoms with Crippen molar-refractivity contribution in [3.05, 3.63) is 0 Å². The Morgan fingerprint density at radius 1 is 1.20 bits per heavy atom. The molecular weight excluding hydrogens is 190 g/mol. The minimum Gasteiger partial charge on any atom is -0.481 e. The lowest BCUT2D eigenvalue weighted by Crippen LogP contribution is -2.30. The molecule has 0 aromatic rings. The van der Waals surface area contributed by atoms with Gasteiger partial charge < -0.3 is 10.4 Å². The van der Waals surface area contributed by atoms with Gasteiger partial charge in [-0.05, 0) is 31.6 Å². The molecule has 0 heterocycles. The van der Waals surface area contributed by atoms with Crippen LogP contribution >= 0.6 is 0 Å². The molecule has 0 radical (unpaired) electrons. The Labute approximate surface area is 93.3 Å². The molecule has 15 heavy (non-hydrogen) atoms. The van der Waals surface area contributed by atoms with Crippen molar-refractivity contribution in [2.24, 2.45) is 11.8 Å². The van der Waals surface area contributed by atoms with E-state index in [1.807, 2.05) is 0 Å². The highest BCUT2D eigenvalue weighted by atomic mass is 16.4. The van der Waals surface area contributed by atoms with Crippen molar-refractivity contribution in [2.45, 2.75) is 53.0 Å². The molecule has 0 saturated heterocycles. The molecule has 0 fully saturated rings. The van der Waals surface area contributed by atoms with E-state index in [-0.39, 0.29) is 6.42 Å². The summed E-state index contributed by atoms with van der Waals surface area (Å²) < 4.78 is 0. The van der Waals surface area contributed by atoms with Crippen LogP contribution in [0, 0.1) is 11.8 Å². The Hall–Kier alpha value is -0.570. The average Bonchev–Trinajstić information content (AvgIpc) is 2.00. The summed E-state index contributed by atoms with van der Waals surface area (Å²) in [6.45, 7) is 9.43. The fourth-order valence-electron chi connectivity index (χ4n) is 2.01. The molecule has 0 aliphatic rings. The van der Waals surface area contributed by atoms with Gasteiger partial charge in [-0.15, -0.1) is 0 Å². The molecule has 3 heteroatoms. The molecule has 2 atom stereocenters. The van der Waals surface area contributed by atoms with Crippen LogP contribution in [0.25, 0.3) is 0 Å². The molecule has 0 bridgehead atoms. The molecule has 2 unspecified atom stereocenters. The third kappa shape index (κ3) is 9.73. The molecule has 0 saturated carbocycles. The van der Waals surface area contributed by atoms with Crippen LogP contribution < -0.4 is 5.32 Å². The second kappa shape index (κ2) is 7.69. The normalized spacial score (nSPS) is 15.3. The van der Waals surface area contributed by atoms with Gasteiger partial charge in [0.15, 0.2) is 0 Å². The summed E-state index contributed by atoms with van der Waals surface area (Å²) in [4.78, 5) is 10.3. The first-order valence-corrected chi connectivity index (χ1v) is 5.87. The predicted molar refractivity (Wildman–Crippen MR) is 63.0 cm³/mol. The molecule has 0 aromatic carbocycles. The van der Waals surface area contributed by atoms with Crippen LogP contribution in [0.4, 0.5) is 0 Å². The van der Waals surface area contributed by atoms with E-state index in [0.29, 0.717) is 18.5 Å². The van der Waals surface area contributed by atoms with Gasteiger partial charge in [0.05, 0.1) is 6.42 Å². The van der Waals surface area contributed by atoms with E-state index >= 15 is 0 Å². The third-order valence-electron chi connectivity index (χ3n) is 2.46. The maximum Gasteiger partial charge on any atom is 0.304 e. The molecule has 0 aliphatic heterocycles. The van der Waals surface area contributed by atoms with E-state index in [0.717, 1.165) is 12.3 Å². The Morgan fingerprint density at radius 2 is 1.80 bits per heavy atom. The summed E-state index contributed by atoms with van der Waals surface area (Å²) in [5, 5.41) is 11.7. The number of nitrogens with one attached hydrogen (secondary N) is 1. The number of hydrogen-bond donors (Lipinski definition) is 2. The number of carboxylic acids is 1. The van der Waals surface area contributed by atoms with E-state index in [4.69, 9.17) is 5.11 Å². The van der Waals surface area contributed by atoms with Gasteiger partial charge in [0.1, 0.15) is 0 Å². The highest BCUT2D eigenvalue weighted by Crippen LogP contribution is 2.16. The largest absolute Gasteiger partial charge is 0.481 e. The second-order valence-corrected chi connectivity index (χ2v) is 4.97. The zero-order valence-corrected chi connectivity index (χ0v) is 10.4. The summed E-state index contributed by atoms with van der Waals surface area (Å²) in [5.74, 6) is 0.716. The van der Waals surface area contributed by atoms with Gasteiger partial charge in [-0.2, -0.15) is 0 Å². The lowest BCUT2D eigenvalue weighted by atomic mass is 9.93. The monoisotopic (exact) mass is 215 g/mol. The van der Waals surface area contributed by atoms with Crippen molar-refractivity contribution in [1.82, 2.24) is 5.32 Å². The van der Waals surface area contributed by atoms with Crippen LogP contribution in [0.15, 0.2) is 0 Å². The second-order valence-electron chi connectivity index (χ2n) is 4.97. The van der Waals surface area contributed by atoms with E-state index in [1.54, 1.807) is 0 Å². The SMILES string of the molecule is CC(C)CC(C)CC(C)NCCC(=O)O. The molecule has 2 N–H and O–H groups in total. The smallest absolute Gasteiger partial charge is 0.304 e. The van der Waals surface area contributed by atoms with E-state index in [9.17, 15) is 4.79 Å². The van der Waals surface area contributed by atoms with Crippen LogP contribution in [0.3, 0.4) is 0 Å². The molecule has 90 valence electrons. The van der Waals surface area contributed by atoms with Gasteiger partial charge in [-0.25, -0.2) is 0 Å². The maximum atomic E-state index is 10.3. The van der Waals surface area contributed by atoms with Crippen molar-refractivity contribution < 1.29 is 9.90 Å². The van der Waals surface area contributed by atoms with Crippen LogP contribution in [0.1, 0.15) is 47.0 Å².